The van der Waals surface area contributed by atoms with E-state index in [9.17, 15) is 8.42 Å². The Morgan fingerprint density at radius 2 is 2.05 bits per heavy atom. The SMILES string of the molecule is CCCCCN(C)S(=O)(=O)c1cccc(C#CCN)c1. The van der Waals surface area contributed by atoms with Crippen LogP contribution in [0.15, 0.2) is 29.2 Å². The van der Waals surface area contributed by atoms with E-state index in [1.807, 2.05) is 0 Å². The monoisotopic (exact) mass is 294 g/mol. The molecule has 20 heavy (non-hydrogen) atoms. The van der Waals surface area contributed by atoms with Crippen molar-refractivity contribution in [1.29, 1.82) is 0 Å². The van der Waals surface area contributed by atoms with Gasteiger partial charge in [-0.2, -0.15) is 0 Å². The van der Waals surface area contributed by atoms with Crippen molar-refractivity contribution in [2.24, 2.45) is 5.73 Å². The fraction of sp³-hybridized carbons (Fsp3) is 0.467. The third kappa shape index (κ3) is 4.64. The Hall–Kier alpha value is -1.35. The molecule has 4 nitrogen and oxygen atoms in total. The quantitative estimate of drug-likeness (QED) is 0.643. The first-order valence-electron chi connectivity index (χ1n) is 6.77. The highest BCUT2D eigenvalue weighted by Crippen LogP contribution is 2.16. The molecule has 1 rings (SSSR count). The maximum Gasteiger partial charge on any atom is 0.242 e. The van der Waals surface area contributed by atoms with E-state index in [-0.39, 0.29) is 11.4 Å². The van der Waals surface area contributed by atoms with Gasteiger partial charge in [0, 0.05) is 19.2 Å². The van der Waals surface area contributed by atoms with Gasteiger partial charge >= 0.3 is 0 Å². The van der Waals surface area contributed by atoms with E-state index in [1.54, 1.807) is 31.3 Å². The molecule has 110 valence electrons. The van der Waals surface area contributed by atoms with E-state index in [0.29, 0.717) is 12.1 Å². The van der Waals surface area contributed by atoms with Crippen molar-refractivity contribution in [3.63, 3.8) is 0 Å². The summed E-state index contributed by atoms with van der Waals surface area (Å²) in [6.07, 6.45) is 2.97. The van der Waals surface area contributed by atoms with E-state index >= 15 is 0 Å². The van der Waals surface area contributed by atoms with Crippen LogP contribution >= 0.6 is 0 Å². The third-order valence-electron chi connectivity index (χ3n) is 2.95. The van der Waals surface area contributed by atoms with Crippen molar-refractivity contribution < 1.29 is 8.42 Å². The molecule has 0 aromatic heterocycles. The molecule has 0 aliphatic carbocycles. The van der Waals surface area contributed by atoms with Gasteiger partial charge in [0.25, 0.3) is 0 Å². The van der Waals surface area contributed by atoms with Crippen LogP contribution in [-0.2, 0) is 10.0 Å². The van der Waals surface area contributed by atoms with Gasteiger partial charge in [0.1, 0.15) is 0 Å². The van der Waals surface area contributed by atoms with Gasteiger partial charge in [-0.15, -0.1) is 0 Å². The highest BCUT2D eigenvalue weighted by Gasteiger charge is 2.20. The van der Waals surface area contributed by atoms with Crippen molar-refractivity contribution in [2.75, 3.05) is 20.1 Å². The first kappa shape index (κ1) is 16.7. The van der Waals surface area contributed by atoms with Crippen LogP contribution in [0.4, 0.5) is 0 Å². The molecule has 0 saturated heterocycles. The maximum absolute atomic E-state index is 12.4. The number of nitrogens with zero attached hydrogens (tertiary/aromatic N) is 1. The molecule has 0 aliphatic rings. The van der Waals surface area contributed by atoms with Gasteiger partial charge in [-0.05, 0) is 24.6 Å². The van der Waals surface area contributed by atoms with Gasteiger partial charge in [0.15, 0.2) is 0 Å². The number of rotatable bonds is 6. The Bertz CT molecular complexity index is 585. The summed E-state index contributed by atoms with van der Waals surface area (Å²) >= 11 is 0. The summed E-state index contributed by atoms with van der Waals surface area (Å²) in [6.45, 7) is 2.89. The Morgan fingerprint density at radius 1 is 1.30 bits per heavy atom. The Kier molecular flexibility index (Phi) is 6.73. The number of unbranched alkanes of at least 4 members (excludes halogenated alkanes) is 2. The van der Waals surface area contributed by atoms with Crippen LogP contribution in [-0.4, -0.2) is 32.9 Å². The molecule has 0 amide bonds. The molecule has 1 aromatic carbocycles. The normalized spacial score (nSPS) is 11.2. The van der Waals surface area contributed by atoms with Crippen LogP contribution in [0.5, 0.6) is 0 Å². The maximum atomic E-state index is 12.4. The molecule has 0 spiro atoms. The largest absolute Gasteiger partial charge is 0.320 e. The molecule has 0 radical (unpaired) electrons. The molecule has 0 atom stereocenters. The van der Waals surface area contributed by atoms with Crippen LogP contribution in [0.25, 0.3) is 0 Å². The van der Waals surface area contributed by atoms with Gasteiger partial charge in [-0.3, -0.25) is 0 Å². The minimum atomic E-state index is -3.43. The minimum absolute atomic E-state index is 0.258. The van der Waals surface area contributed by atoms with Crippen molar-refractivity contribution in [1.82, 2.24) is 4.31 Å². The van der Waals surface area contributed by atoms with Crippen molar-refractivity contribution in [3.8, 4) is 11.8 Å². The lowest BCUT2D eigenvalue weighted by Crippen LogP contribution is -2.28. The van der Waals surface area contributed by atoms with Crippen molar-refractivity contribution in [2.45, 2.75) is 31.1 Å². The Morgan fingerprint density at radius 3 is 2.70 bits per heavy atom. The standard InChI is InChI=1S/C15H22N2O2S/c1-3-4-5-12-17(2)20(18,19)15-10-6-8-14(13-15)9-7-11-16/h6,8,10,13H,3-5,11-12,16H2,1-2H3. The zero-order valence-corrected chi connectivity index (χ0v) is 12.9. The lowest BCUT2D eigenvalue weighted by atomic mass is 10.2. The third-order valence-corrected chi connectivity index (χ3v) is 4.81. The average molecular weight is 294 g/mol. The number of nitrogens with two attached hydrogens (primary N) is 1. The fourth-order valence-corrected chi connectivity index (χ4v) is 3.03. The molecule has 2 N–H and O–H groups in total. The molecule has 1 aromatic rings. The second-order valence-electron chi connectivity index (χ2n) is 4.57. The molecule has 0 fully saturated rings. The number of hydrogen-bond acceptors (Lipinski definition) is 3. The average Bonchev–Trinajstić information content (AvgIpc) is 2.45. The summed E-state index contributed by atoms with van der Waals surface area (Å²) in [5.41, 5.74) is 5.98. The lowest BCUT2D eigenvalue weighted by Gasteiger charge is -2.17. The predicted molar refractivity (Wildman–Crippen MR) is 81.7 cm³/mol. The Balaban J connectivity index is 2.91. The Labute approximate surface area is 122 Å². The van der Waals surface area contributed by atoms with E-state index in [2.05, 4.69) is 18.8 Å². The highest BCUT2D eigenvalue weighted by atomic mass is 32.2. The zero-order chi connectivity index (χ0) is 15.0. The molecule has 0 unspecified atom stereocenters. The van der Waals surface area contributed by atoms with Gasteiger partial charge in [0.05, 0.1) is 11.4 Å². The van der Waals surface area contributed by atoms with Crippen LogP contribution in [0.2, 0.25) is 0 Å². The second kappa shape index (κ2) is 8.05. The summed E-state index contributed by atoms with van der Waals surface area (Å²) < 4.78 is 26.2. The zero-order valence-electron chi connectivity index (χ0n) is 12.1. The summed E-state index contributed by atoms with van der Waals surface area (Å²) in [5, 5.41) is 0. The fourth-order valence-electron chi connectivity index (χ4n) is 1.77. The van der Waals surface area contributed by atoms with Crippen LogP contribution < -0.4 is 5.73 Å². The predicted octanol–water partition coefficient (Wildman–Crippen LogP) is 1.81. The van der Waals surface area contributed by atoms with E-state index in [4.69, 9.17) is 5.73 Å². The number of benzene rings is 1. The van der Waals surface area contributed by atoms with E-state index < -0.39 is 10.0 Å². The number of sulfonamides is 1. The van der Waals surface area contributed by atoms with Crippen LogP contribution in [0.1, 0.15) is 31.7 Å². The molecule has 0 heterocycles. The van der Waals surface area contributed by atoms with Crippen LogP contribution in [0, 0.1) is 11.8 Å². The summed E-state index contributed by atoms with van der Waals surface area (Å²) in [4.78, 5) is 0.278. The van der Waals surface area contributed by atoms with Gasteiger partial charge < -0.3 is 5.73 Å². The van der Waals surface area contributed by atoms with Gasteiger partial charge in [-0.25, -0.2) is 12.7 Å². The van der Waals surface area contributed by atoms with Gasteiger partial charge in [0.2, 0.25) is 10.0 Å². The van der Waals surface area contributed by atoms with Crippen molar-refractivity contribution >= 4 is 10.0 Å². The molecule has 0 aliphatic heterocycles. The van der Waals surface area contributed by atoms with Crippen molar-refractivity contribution in [3.05, 3.63) is 29.8 Å². The highest BCUT2D eigenvalue weighted by molar-refractivity contribution is 7.89. The molecule has 0 bridgehead atoms. The van der Waals surface area contributed by atoms with Crippen LogP contribution in [0.3, 0.4) is 0 Å². The summed E-state index contributed by atoms with van der Waals surface area (Å²) in [5.74, 6) is 5.57. The second-order valence-corrected chi connectivity index (χ2v) is 6.61. The smallest absolute Gasteiger partial charge is 0.242 e. The summed E-state index contributed by atoms with van der Waals surface area (Å²) in [7, 11) is -1.82. The first-order chi connectivity index (χ1) is 9.52. The lowest BCUT2D eigenvalue weighted by molar-refractivity contribution is 0.454. The summed E-state index contributed by atoms with van der Waals surface area (Å²) in [6, 6.07) is 6.67. The molecule has 5 heteroatoms. The molecular formula is C15H22N2O2S. The first-order valence-corrected chi connectivity index (χ1v) is 8.21. The molecular weight excluding hydrogens is 272 g/mol. The molecule has 0 saturated carbocycles. The topological polar surface area (TPSA) is 63.4 Å². The number of hydrogen-bond donors (Lipinski definition) is 1. The van der Waals surface area contributed by atoms with E-state index in [1.165, 1.54) is 4.31 Å². The van der Waals surface area contributed by atoms with Gasteiger partial charge in [-0.1, -0.05) is 37.7 Å². The van der Waals surface area contributed by atoms with E-state index in [0.717, 1.165) is 19.3 Å². The minimum Gasteiger partial charge on any atom is -0.320 e.